The fourth-order valence-electron chi connectivity index (χ4n) is 5.16. The summed E-state index contributed by atoms with van der Waals surface area (Å²) >= 11 is 0. The smallest absolute Gasteiger partial charge is 0.153 e. The van der Waals surface area contributed by atoms with Crippen LogP contribution in [0.3, 0.4) is 0 Å². The Labute approximate surface area is 220 Å². The van der Waals surface area contributed by atoms with Crippen LogP contribution in [0.1, 0.15) is 18.1 Å². The van der Waals surface area contributed by atoms with Gasteiger partial charge in [0.2, 0.25) is 0 Å². The summed E-state index contributed by atoms with van der Waals surface area (Å²) < 4.78 is 8.32. The molecule has 0 amide bonds. The minimum absolute atomic E-state index is 0.551. The molecule has 1 saturated heterocycles. The molecule has 0 spiro atoms. The van der Waals surface area contributed by atoms with Gasteiger partial charge in [-0.3, -0.25) is 9.78 Å². The molecular weight excluding hydrogens is 476 g/mol. The number of piperazine rings is 1. The van der Waals surface area contributed by atoms with Crippen LogP contribution in [-0.2, 0) is 7.05 Å². The number of H-pyrrole nitrogens is 1. The zero-order chi connectivity index (χ0) is 26.2. The Morgan fingerprint density at radius 3 is 2.66 bits per heavy atom. The average molecular weight is 505 g/mol. The van der Waals surface area contributed by atoms with Crippen molar-refractivity contribution < 1.29 is 4.74 Å². The third-order valence-electron chi connectivity index (χ3n) is 7.02. The maximum Gasteiger partial charge on any atom is 0.153 e. The summed E-state index contributed by atoms with van der Waals surface area (Å²) in [5.74, 6) is 1.36. The molecule has 3 aromatic heterocycles. The van der Waals surface area contributed by atoms with Crippen molar-refractivity contribution >= 4 is 27.5 Å². The van der Waals surface area contributed by atoms with Gasteiger partial charge in [0.15, 0.2) is 5.75 Å². The van der Waals surface area contributed by atoms with E-state index in [1.54, 1.807) is 17.1 Å². The summed E-state index contributed by atoms with van der Waals surface area (Å²) in [4.78, 5) is 9.65. The first-order chi connectivity index (χ1) is 18.6. The van der Waals surface area contributed by atoms with Crippen molar-refractivity contribution in [1.29, 1.82) is 5.26 Å². The first-order valence-electron chi connectivity index (χ1n) is 12.7. The Morgan fingerprint density at radius 2 is 1.92 bits per heavy atom. The fraction of sp³-hybridized carbons (Fsp3) is 0.241. The second kappa shape index (κ2) is 9.56. The van der Waals surface area contributed by atoms with E-state index in [0.717, 1.165) is 65.0 Å². The van der Waals surface area contributed by atoms with Crippen LogP contribution in [0.2, 0.25) is 0 Å². The van der Waals surface area contributed by atoms with Gasteiger partial charge in [0.1, 0.15) is 22.9 Å². The average Bonchev–Trinajstić information content (AvgIpc) is 3.59. The van der Waals surface area contributed by atoms with E-state index < -0.39 is 0 Å². The van der Waals surface area contributed by atoms with Crippen LogP contribution in [0.15, 0.2) is 61.2 Å². The molecule has 1 N–H and O–H groups in total. The highest BCUT2D eigenvalue weighted by Crippen LogP contribution is 2.41. The Morgan fingerprint density at radius 1 is 1.08 bits per heavy atom. The van der Waals surface area contributed by atoms with Crippen LogP contribution in [0.25, 0.3) is 33.1 Å². The van der Waals surface area contributed by atoms with E-state index in [0.29, 0.717) is 22.5 Å². The summed E-state index contributed by atoms with van der Waals surface area (Å²) in [7, 11) is 1.86. The number of ether oxygens (including phenoxy) is 1. The monoisotopic (exact) mass is 504 g/mol. The van der Waals surface area contributed by atoms with Crippen LogP contribution < -0.4 is 9.64 Å². The Bertz CT molecular complexity index is 1720. The maximum atomic E-state index is 10.4. The number of benzene rings is 2. The number of anilines is 1. The van der Waals surface area contributed by atoms with Crippen LogP contribution in [-0.4, -0.2) is 56.0 Å². The van der Waals surface area contributed by atoms with Crippen molar-refractivity contribution in [3.63, 3.8) is 0 Å². The lowest BCUT2D eigenvalue weighted by Crippen LogP contribution is -2.44. The van der Waals surface area contributed by atoms with Crippen molar-refractivity contribution in [2.45, 2.75) is 13.8 Å². The van der Waals surface area contributed by atoms with E-state index in [2.05, 4.69) is 43.4 Å². The van der Waals surface area contributed by atoms with Gasteiger partial charge in [-0.05, 0) is 37.7 Å². The van der Waals surface area contributed by atoms with Crippen molar-refractivity contribution in [3.05, 3.63) is 72.3 Å². The van der Waals surface area contributed by atoms with Crippen molar-refractivity contribution in [2.75, 3.05) is 31.1 Å². The molecule has 6 rings (SSSR count). The summed E-state index contributed by atoms with van der Waals surface area (Å²) in [6.07, 6.45) is 9.61. The summed E-state index contributed by atoms with van der Waals surface area (Å²) in [5.41, 5.74) is 5.45. The lowest BCUT2D eigenvalue weighted by Gasteiger charge is -2.36. The number of fused-ring (bicyclic) bond motifs is 2. The Kier molecular flexibility index (Phi) is 5.92. The number of nitrogens with zero attached hydrogens (tertiary/aromatic N) is 7. The van der Waals surface area contributed by atoms with Gasteiger partial charge < -0.3 is 14.5 Å². The molecule has 0 unspecified atom stereocenters. The van der Waals surface area contributed by atoms with Gasteiger partial charge in [0.05, 0.1) is 34.7 Å². The number of rotatable bonds is 5. The first kappa shape index (κ1) is 23.6. The van der Waals surface area contributed by atoms with Crippen molar-refractivity contribution in [1.82, 2.24) is 29.9 Å². The number of aryl methyl sites for hydroxylation is 2. The standard InChI is InChI=1S/C29H28N8O/c1-4-10-36-11-13-37(14-12-36)28-21-6-5-7-25(38-29-19(2)8-9-24-23(29)17-31-34-24)27(21)33-26(22(28)15-30)20-16-32-35(3)18-20/h4-10,16-18H,11-14H2,1-3H3,(H,31,34). The summed E-state index contributed by atoms with van der Waals surface area (Å²) in [6.45, 7) is 7.39. The third kappa shape index (κ3) is 4.00. The number of para-hydroxylation sites is 1. The molecule has 1 fully saturated rings. The third-order valence-corrected chi connectivity index (χ3v) is 7.02. The molecule has 0 radical (unpaired) electrons. The van der Waals surface area contributed by atoms with E-state index >= 15 is 0 Å². The van der Waals surface area contributed by atoms with E-state index in [4.69, 9.17) is 9.72 Å². The first-order valence-corrected chi connectivity index (χ1v) is 12.7. The second-order valence-corrected chi connectivity index (χ2v) is 9.50. The molecule has 0 aliphatic carbocycles. The lowest BCUT2D eigenvalue weighted by atomic mass is 10.0. The van der Waals surface area contributed by atoms with Gasteiger partial charge in [-0.15, -0.1) is 0 Å². The van der Waals surface area contributed by atoms with Gasteiger partial charge in [-0.1, -0.05) is 24.3 Å². The van der Waals surface area contributed by atoms with Gasteiger partial charge in [-0.2, -0.15) is 15.5 Å². The highest BCUT2D eigenvalue weighted by atomic mass is 16.5. The zero-order valence-corrected chi connectivity index (χ0v) is 21.6. The van der Waals surface area contributed by atoms with Crippen LogP contribution in [0, 0.1) is 18.3 Å². The number of hydrogen-bond acceptors (Lipinski definition) is 7. The molecule has 1 aliphatic rings. The number of aromatic nitrogens is 5. The molecular formula is C29H28N8O. The number of aromatic amines is 1. The van der Waals surface area contributed by atoms with Gasteiger partial charge in [-0.25, -0.2) is 4.98 Å². The number of nitriles is 1. The van der Waals surface area contributed by atoms with Crippen LogP contribution in [0.5, 0.6) is 11.5 Å². The zero-order valence-electron chi connectivity index (χ0n) is 21.6. The number of pyridine rings is 1. The molecule has 190 valence electrons. The van der Waals surface area contributed by atoms with E-state index in [-0.39, 0.29) is 0 Å². The van der Waals surface area contributed by atoms with E-state index in [1.165, 1.54) is 0 Å². The van der Waals surface area contributed by atoms with Crippen molar-refractivity contribution in [3.8, 4) is 28.8 Å². The predicted octanol–water partition coefficient (Wildman–Crippen LogP) is 5.14. The summed E-state index contributed by atoms with van der Waals surface area (Å²) in [6, 6.07) is 12.4. The molecule has 4 heterocycles. The normalized spacial score (nSPS) is 14.1. The molecule has 38 heavy (non-hydrogen) atoms. The Balaban J connectivity index is 1.56. The molecule has 9 nitrogen and oxygen atoms in total. The predicted molar refractivity (Wildman–Crippen MR) is 148 cm³/mol. The fourth-order valence-corrected chi connectivity index (χ4v) is 5.16. The minimum Gasteiger partial charge on any atom is -0.454 e. The quantitative estimate of drug-likeness (QED) is 0.354. The SMILES string of the molecule is CC=CN1CCN(c2c(C#N)c(-c3cnn(C)c3)nc3c(Oc4c(C)ccc5[nH]ncc45)cccc23)CC1. The highest BCUT2D eigenvalue weighted by Gasteiger charge is 2.26. The van der Waals surface area contributed by atoms with Gasteiger partial charge in [0, 0.05) is 50.4 Å². The molecule has 5 aromatic rings. The van der Waals surface area contributed by atoms with Crippen LogP contribution >= 0.6 is 0 Å². The van der Waals surface area contributed by atoms with Gasteiger partial charge >= 0.3 is 0 Å². The number of hydrogen-bond donors (Lipinski definition) is 1. The largest absolute Gasteiger partial charge is 0.454 e. The van der Waals surface area contributed by atoms with Gasteiger partial charge in [0.25, 0.3) is 0 Å². The molecule has 9 heteroatoms. The van der Waals surface area contributed by atoms with Crippen LogP contribution in [0.4, 0.5) is 5.69 Å². The second-order valence-electron chi connectivity index (χ2n) is 9.50. The number of nitrogens with one attached hydrogen (secondary N) is 1. The highest BCUT2D eigenvalue weighted by molar-refractivity contribution is 6.01. The topological polar surface area (TPSA) is 98.9 Å². The number of allylic oxidation sites excluding steroid dienone is 1. The molecule has 0 bridgehead atoms. The molecule has 0 atom stereocenters. The maximum absolute atomic E-state index is 10.4. The minimum atomic E-state index is 0.551. The Hall–Kier alpha value is -4.84. The molecule has 2 aromatic carbocycles. The molecule has 0 saturated carbocycles. The van der Waals surface area contributed by atoms with E-state index in [1.807, 2.05) is 57.4 Å². The van der Waals surface area contributed by atoms with E-state index in [9.17, 15) is 5.26 Å². The molecule has 1 aliphatic heterocycles. The summed E-state index contributed by atoms with van der Waals surface area (Å²) in [5, 5.41) is 23.8. The van der Waals surface area contributed by atoms with Crippen molar-refractivity contribution in [2.24, 2.45) is 7.05 Å². The lowest BCUT2D eigenvalue weighted by molar-refractivity contribution is 0.349.